The maximum absolute atomic E-state index is 15.8. The molecule has 0 radical (unpaired) electrons. The van der Waals surface area contributed by atoms with Crippen LogP contribution in [0.1, 0.15) is 70.9 Å². The highest BCUT2D eigenvalue weighted by Gasteiger charge is 2.50. The molecule has 2 amide bonds. The second-order valence-corrected chi connectivity index (χ2v) is 19.4. The number of hydrogen-bond acceptors (Lipinski definition) is 5. The van der Waals surface area contributed by atoms with Crippen LogP contribution in [0.15, 0.2) is 121 Å². The van der Waals surface area contributed by atoms with Crippen molar-refractivity contribution in [2.75, 3.05) is 26.8 Å². The fourth-order valence-corrected chi connectivity index (χ4v) is 11.6. The number of hydrogen-bond donors (Lipinski definition) is 3. The first kappa shape index (κ1) is 41.4. The highest BCUT2D eigenvalue weighted by Crippen LogP contribution is 2.37. The number of ether oxygens (including phenoxy) is 1. The summed E-state index contributed by atoms with van der Waals surface area (Å²) < 4.78 is 28.0. The third-order valence-corrected chi connectivity index (χ3v) is 14.8. The van der Waals surface area contributed by atoms with Gasteiger partial charge in [-0.3, -0.25) is 4.79 Å². The number of alkyl halides is 1. The molecule has 0 aromatic heterocycles. The van der Waals surface area contributed by atoms with Crippen LogP contribution in [-0.4, -0.2) is 65.4 Å². The summed E-state index contributed by atoms with van der Waals surface area (Å²) in [4.78, 5) is 26.3. The number of carbonyl (C=O) groups excluding carboxylic acids is 2. The number of amides is 2. The van der Waals surface area contributed by atoms with Gasteiger partial charge in [0, 0.05) is 18.5 Å². The zero-order valence-corrected chi connectivity index (χ0v) is 33.2. The van der Waals surface area contributed by atoms with Crippen molar-refractivity contribution in [3.63, 3.8) is 0 Å². The number of nitrogens with one attached hydrogen (secondary N) is 3. The van der Waals surface area contributed by atoms with E-state index in [0.717, 1.165) is 24.1 Å². The van der Waals surface area contributed by atoms with E-state index in [9.17, 15) is 9.59 Å². The molecule has 0 saturated heterocycles. The fourth-order valence-electron chi connectivity index (χ4n) is 7.00. The van der Waals surface area contributed by atoms with E-state index < -0.39 is 38.4 Å². The number of rotatable bonds is 19. The van der Waals surface area contributed by atoms with Gasteiger partial charge in [0.25, 0.3) is 8.32 Å². The highest BCUT2D eigenvalue weighted by molar-refractivity contribution is 6.99. The molecular weight excluding hydrogens is 682 g/mol. The summed E-state index contributed by atoms with van der Waals surface area (Å²) in [5.74, 6) is -0.493. The van der Waals surface area contributed by atoms with Crippen LogP contribution in [0, 0.1) is 5.92 Å². The molecule has 4 rings (SSSR count). The molecule has 0 heterocycles. The van der Waals surface area contributed by atoms with Gasteiger partial charge in [-0.05, 0) is 58.3 Å². The minimum absolute atomic E-state index is 0.0985. The maximum Gasteiger partial charge on any atom is 0.407 e. The van der Waals surface area contributed by atoms with Gasteiger partial charge in [0.15, 0.2) is 0 Å². The smallest absolute Gasteiger partial charge is 0.407 e. The summed E-state index contributed by atoms with van der Waals surface area (Å²) in [6.45, 7) is 12.2. The molecule has 53 heavy (non-hydrogen) atoms. The lowest BCUT2D eigenvalue weighted by Gasteiger charge is -2.43. The van der Waals surface area contributed by atoms with Gasteiger partial charge in [0.05, 0.1) is 13.7 Å². The summed E-state index contributed by atoms with van der Waals surface area (Å²) in [5.41, 5.74) is 1.67. The molecule has 0 saturated carbocycles. The van der Waals surface area contributed by atoms with E-state index in [1.807, 2.05) is 72.8 Å². The number of methoxy groups -OCH3 is 1. The van der Waals surface area contributed by atoms with Crippen molar-refractivity contribution >= 4 is 30.7 Å². The minimum Gasteiger partial charge on any atom is -0.453 e. The van der Waals surface area contributed by atoms with E-state index >= 15 is 4.39 Å². The van der Waals surface area contributed by atoms with Crippen LogP contribution < -0.4 is 26.3 Å². The van der Waals surface area contributed by atoms with Gasteiger partial charge in [-0.2, -0.15) is 0 Å². The summed E-state index contributed by atoms with van der Waals surface area (Å²) in [6.07, 6.45) is -0.321. The largest absolute Gasteiger partial charge is 0.453 e. The molecule has 284 valence electrons. The molecule has 4 aromatic rings. The molecule has 0 aliphatic heterocycles. The molecular formula is C44H58FN3O4Si. The average molecular weight is 740 g/mol. The van der Waals surface area contributed by atoms with Crippen molar-refractivity contribution in [2.45, 2.75) is 83.1 Å². The Morgan fingerprint density at radius 3 is 1.68 bits per heavy atom. The molecule has 0 fully saturated rings. The Hall–Kier alpha value is -4.31. The SMILES string of the molecule is COC(=O)NC(C(=O)NCC(F)CCC(CO[Si](c1ccccc1)(c1ccccc1)C(C)(C)C)NCCC(C)C)C(c1ccccc1)c1ccccc1. The van der Waals surface area contributed by atoms with Crippen molar-refractivity contribution in [1.82, 2.24) is 16.0 Å². The Balaban J connectivity index is 1.50. The van der Waals surface area contributed by atoms with Crippen molar-refractivity contribution in [1.29, 1.82) is 0 Å². The average Bonchev–Trinajstić information content (AvgIpc) is 3.16. The molecule has 0 bridgehead atoms. The monoisotopic (exact) mass is 739 g/mol. The second-order valence-electron chi connectivity index (χ2n) is 15.1. The third-order valence-electron chi connectivity index (χ3n) is 9.79. The lowest BCUT2D eigenvalue weighted by Crippen LogP contribution is -2.67. The molecule has 4 aromatic carbocycles. The molecule has 7 nitrogen and oxygen atoms in total. The third kappa shape index (κ3) is 11.6. The summed E-state index contributed by atoms with van der Waals surface area (Å²) in [6, 6.07) is 38.9. The first-order valence-electron chi connectivity index (χ1n) is 18.8. The van der Waals surface area contributed by atoms with Crippen molar-refractivity contribution in [3.05, 3.63) is 132 Å². The van der Waals surface area contributed by atoms with Crippen LogP contribution in [0.4, 0.5) is 9.18 Å². The van der Waals surface area contributed by atoms with Gasteiger partial charge in [-0.1, -0.05) is 156 Å². The van der Waals surface area contributed by atoms with Gasteiger partial charge in [0.2, 0.25) is 5.91 Å². The maximum atomic E-state index is 15.8. The van der Waals surface area contributed by atoms with Crippen LogP contribution >= 0.6 is 0 Å². The van der Waals surface area contributed by atoms with E-state index in [1.54, 1.807) is 0 Å². The zero-order chi connectivity index (χ0) is 38.3. The zero-order valence-electron chi connectivity index (χ0n) is 32.2. The van der Waals surface area contributed by atoms with Crippen LogP contribution in [-0.2, 0) is 14.0 Å². The second kappa shape index (κ2) is 20.2. The Labute approximate surface area is 317 Å². The van der Waals surface area contributed by atoms with Crippen LogP contribution in [0.5, 0.6) is 0 Å². The lowest BCUT2D eigenvalue weighted by molar-refractivity contribution is -0.123. The Morgan fingerprint density at radius 1 is 0.736 bits per heavy atom. The number of alkyl carbamates (subject to hydrolysis) is 1. The van der Waals surface area contributed by atoms with Gasteiger partial charge in [0.1, 0.15) is 12.2 Å². The number of carbonyl (C=O) groups is 2. The molecule has 3 unspecified atom stereocenters. The predicted molar refractivity (Wildman–Crippen MR) is 216 cm³/mol. The number of halogens is 1. The molecule has 0 spiro atoms. The van der Waals surface area contributed by atoms with E-state index in [1.165, 1.54) is 17.5 Å². The molecule has 9 heteroatoms. The van der Waals surface area contributed by atoms with Crippen LogP contribution in [0.25, 0.3) is 0 Å². The Bertz CT molecular complexity index is 1580. The first-order chi connectivity index (χ1) is 25.5. The van der Waals surface area contributed by atoms with Crippen molar-refractivity contribution in [3.8, 4) is 0 Å². The van der Waals surface area contributed by atoms with E-state index in [4.69, 9.17) is 9.16 Å². The standard InChI is InChI=1S/C44H58FN3O4Si/c1-33(2)29-30-46-37(32-52-53(44(3,4)5,38-23-15-9-16-24-38)39-25-17-10-18-26-39)28-27-36(45)31-47-42(49)41(48-43(50)51-6)40(34-19-11-7-12-20-34)35-21-13-8-14-22-35/h7-26,33,36-37,40-41,46H,27-32H2,1-6H3,(H,47,49)(H,48,50). The summed E-state index contributed by atoms with van der Waals surface area (Å²) in [7, 11) is -1.54. The van der Waals surface area contributed by atoms with Gasteiger partial charge in [-0.15, -0.1) is 0 Å². The molecule has 0 aliphatic rings. The highest BCUT2D eigenvalue weighted by atomic mass is 28.4. The normalized spacial score (nSPS) is 13.7. The van der Waals surface area contributed by atoms with E-state index in [2.05, 4.69) is 99.1 Å². The lowest BCUT2D eigenvalue weighted by atomic mass is 9.84. The number of benzene rings is 4. The Kier molecular flexibility index (Phi) is 15.8. The van der Waals surface area contributed by atoms with E-state index in [0.29, 0.717) is 18.9 Å². The topological polar surface area (TPSA) is 88.7 Å². The van der Waals surface area contributed by atoms with Gasteiger partial charge < -0.3 is 25.1 Å². The Morgan fingerprint density at radius 2 is 1.23 bits per heavy atom. The summed E-state index contributed by atoms with van der Waals surface area (Å²) in [5, 5.41) is 11.4. The van der Waals surface area contributed by atoms with Crippen LogP contribution in [0.2, 0.25) is 5.04 Å². The quantitative estimate of drug-likeness (QED) is 0.0876. The molecule has 3 atom stereocenters. The first-order valence-corrected chi connectivity index (χ1v) is 20.7. The van der Waals surface area contributed by atoms with Gasteiger partial charge in [-0.25, -0.2) is 9.18 Å². The molecule has 0 aliphatic carbocycles. The van der Waals surface area contributed by atoms with Crippen molar-refractivity contribution in [2.24, 2.45) is 5.92 Å². The minimum atomic E-state index is -2.79. The van der Waals surface area contributed by atoms with Crippen LogP contribution in [0.3, 0.4) is 0 Å². The fraction of sp³-hybridized carbons (Fsp3) is 0.409. The predicted octanol–water partition coefficient (Wildman–Crippen LogP) is 7.36. The molecule has 3 N–H and O–H groups in total. The summed E-state index contributed by atoms with van der Waals surface area (Å²) >= 11 is 0. The van der Waals surface area contributed by atoms with Crippen molar-refractivity contribution < 1.29 is 23.1 Å². The van der Waals surface area contributed by atoms with Gasteiger partial charge >= 0.3 is 6.09 Å². The van der Waals surface area contributed by atoms with E-state index in [-0.39, 0.29) is 24.0 Å².